The summed E-state index contributed by atoms with van der Waals surface area (Å²) in [6.07, 6.45) is 1.14. The van der Waals surface area contributed by atoms with Crippen LogP contribution in [-0.2, 0) is 16.4 Å². The molecular formula is C17H14F2N2O2S2. The molecule has 0 aliphatic rings. The summed E-state index contributed by atoms with van der Waals surface area (Å²) >= 11 is 1.27. The quantitative estimate of drug-likeness (QED) is 0.724. The zero-order chi connectivity index (χ0) is 18.0. The summed E-state index contributed by atoms with van der Waals surface area (Å²) in [5, 5.41) is 5.28. The summed E-state index contributed by atoms with van der Waals surface area (Å²) in [5.41, 5.74) is 0.711. The predicted octanol–water partition coefficient (Wildman–Crippen LogP) is 4.10. The molecule has 1 N–H and O–H groups in total. The molecule has 0 saturated carbocycles. The number of nitrogens with one attached hydrogen (secondary N) is 1. The monoisotopic (exact) mass is 380 g/mol. The van der Waals surface area contributed by atoms with Gasteiger partial charge in [0, 0.05) is 17.3 Å². The number of anilines is 1. The molecule has 0 aliphatic heterocycles. The van der Waals surface area contributed by atoms with Crippen LogP contribution in [0.5, 0.6) is 0 Å². The summed E-state index contributed by atoms with van der Waals surface area (Å²) in [7, 11) is -3.29. The minimum Gasteiger partial charge on any atom is -0.378 e. The molecule has 0 unspecified atom stereocenters. The molecule has 0 amide bonds. The van der Waals surface area contributed by atoms with Gasteiger partial charge in [0.05, 0.1) is 22.7 Å². The molecule has 1 aromatic heterocycles. The van der Waals surface area contributed by atoms with Crippen LogP contribution in [0, 0.1) is 11.6 Å². The minimum absolute atomic E-state index is 0.149. The maximum Gasteiger partial charge on any atom is 0.175 e. The predicted molar refractivity (Wildman–Crippen MR) is 94.3 cm³/mol. The number of halogens is 2. The second kappa shape index (κ2) is 6.89. The molecule has 0 saturated heterocycles. The van der Waals surface area contributed by atoms with E-state index < -0.39 is 21.5 Å². The van der Waals surface area contributed by atoms with Crippen LogP contribution in [0.1, 0.15) is 5.01 Å². The second-order valence-corrected chi connectivity index (χ2v) is 8.34. The van der Waals surface area contributed by atoms with Crippen molar-refractivity contribution in [2.75, 3.05) is 11.6 Å². The molecule has 0 fully saturated rings. The summed E-state index contributed by atoms with van der Waals surface area (Å²) in [6, 6.07) is 10.1. The van der Waals surface area contributed by atoms with Gasteiger partial charge in [-0.15, -0.1) is 11.3 Å². The molecule has 0 spiro atoms. The van der Waals surface area contributed by atoms with Crippen molar-refractivity contribution in [2.45, 2.75) is 11.4 Å². The lowest BCUT2D eigenvalue weighted by molar-refractivity contribution is 0.588. The number of rotatable bonds is 5. The van der Waals surface area contributed by atoms with Gasteiger partial charge in [-0.3, -0.25) is 0 Å². The molecule has 8 heteroatoms. The van der Waals surface area contributed by atoms with Gasteiger partial charge >= 0.3 is 0 Å². The van der Waals surface area contributed by atoms with Gasteiger partial charge in [-0.25, -0.2) is 22.2 Å². The van der Waals surface area contributed by atoms with Crippen molar-refractivity contribution >= 4 is 26.9 Å². The Bertz CT molecular complexity index is 997. The average molecular weight is 380 g/mol. The number of nitrogens with zero attached hydrogens (tertiary/aromatic N) is 1. The van der Waals surface area contributed by atoms with E-state index in [1.807, 2.05) is 0 Å². The third-order valence-corrected chi connectivity index (χ3v) is 5.44. The smallest absolute Gasteiger partial charge is 0.175 e. The van der Waals surface area contributed by atoms with E-state index >= 15 is 0 Å². The van der Waals surface area contributed by atoms with E-state index in [2.05, 4.69) is 10.3 Å². The van der Waals surface area contributed by atoms with Gasteiger partial charge in [-0.2, -0.15) is 0 Å². The fourth-order valence-corrected chi connectivity index (χ4v) is 3.66. The molecule has 0 bridgehead atoms. The van der Waals surface area contributed by atoms with Gasteiger partial charge in [-0.1, -0.05) is 12.1 Å². The Morgan fingerprint density at radius 2 is 1.80 bits per heavy atom. The Labute approximate surface area is 148 Å². The number of aromatic nitrogens is 1. The highest BCUT2D eigenvalue weighted by Crippen LogP contribution is 2.27. The van der Waals surface area contributed by atoms with Crippen molar-refractivity contribution in [3.63, 3.8) is 0 Å². The van der Waals surface area contributed by atoms with Gasteiger partial charge < -0.3 is 5.32 Å². The highest BCUT2D eigenvalue weighted by Gasteiger charge is 2.14. The Hall–Kier alpha value is -2.32. The molecule has 3 rings (SSSR count). The van der Waals surface area contributed by atoms with Crippen molar-refractivity contribution < 1.29 is 17.2 Å². The molecular weight excluding hydrogens is 366 g/mol. The van der Waals surface area contributed by atoms with E-state index in [1.54, 1.807) is 17.5 Å². The molecule has 0 atom stereocenters. The first-order valence-corrected chi connectivity index (χ1v) is 10.0. The lowest BCUT2D eigenvalue weighted by atomic mass is 10.1. The zero-order valence-electron chi connectivity index (χ0n) is 13.2. The number of hydrogen-bond donors (Lipinski definition) is 1. The van der Waals surface area contributed by atoms with E-state index in [9.17, 15) is 17.2 Å². The van der Waals surface area contributed by atoms with E-state index in [0.717, 1.165) is 6.26 Å². The highest BCUT2D eigenvalue weighted by molar-refractivity contribution is 7.90. The van der Waals surface area contributed by atoms with E-state index in [-0.39, 0.29) is 16.2 Å². The van der Waals surface area contributed by atoms with Crippen molar-refractivity contribution in [2.24, 2.45) is 0 Å². The van der Waals surface area contributed by atoms with Crippen LogP contribution in [0.25, 0.3) is 11.3 Å². The molecule has 3 aromatic rings. The van der Waals surface area contributed by atoms with E-state index in [4.69, 9.17) is 0 Å². The molecule has 2 aromatic carbocycles. The van der Waals surface area contributed by atoms with Crippen molar-refractivity contribution in [1.82, 2.24) is 4.98 Å². The van der Waals surface area contributed by atoms with Crippen LogP contribution < -0.4 is 5.32 Å². The maximum absolute atomic E-state index is 13.8. The lowest BCUT2D eigenvalue weighted by Gasteiger charge is -2.06. The maximum atomic E-state index is 13.8. The van der Waals surface area contributed by atoms with Gasteiger partial charge in [0.1, 0.15) is 16.6 Å². The number of benzene rings is 2. The van der Waals surface area contributed by atoms with Crippen molar-refractivity contribution in [1.29, 1.82) is 0 Å². The highest BCUT2D eigenvalue weighted by atomic mass is 32.2. The fraction of sp³-hybridized carbons (Fsp3) is 0.118. The lowest BCUT2D eigenvalue weighted by Crippen LogP contribution is -2.02. The summed E-state index contributed by atoms with van der Waals surface area (Å²) in [5.74, 6) is -1.32. The van der Waals surface area contributed by atoms with E-state index in [0.29, 0.717) is 17.2 Å². The minimum atomic E-state index is -3.29. The van der Waals surface area contributed by atoms with Crippen LogP contribution in [-0.4, -0.2) is 19.7 Å². The Balaban J connectivity index is 1.77. The van der Waals surface area contributed by atoms with Crippen LogP contribution in [0.4, 0.5) is 14.5 Å². The Morgan fingerprint density at radius 3 is 2.48 bits per heavy atom. The molecule has 4 nitrogen and oxygen atoms in total. The second-order valence-electron chi connectivity index (χ2n) is 5.38. The largest absolute Gasteiger partial charge is 0.378 e. The van der Waals surface area contributed by atoms with E-state index in [1.165, 1.54) is 41.7 Å². The molecule has 0 radical (unpaired) electrons. The zero-order valence-corrected chi connectivity index (χ0v) is 14.8. The first-order chi connectivity index (χ1) is 11.8. The van der Waals surface area contributed by atoms with Gasteiger partial charge in [0.25, 0.3) is 0 Å². The average Bonchev–Trinajstić information content (AvgIpc) is 3.01. The molecule has 25 heavy (non-hydrogen) atoms. The Morgan fingerprint density at radius 1 is 1.12 bits per heavy atom. The normalized spacial score (nSPS) is 11.5. The first-order valence-electron chi connectivity index (χ1n) is 7.27. The first kappa shape index (κ1) is 17.5. The van der Waals surface area contributed by atoms with Gasteiger partial charge in [0.2, 0.25) is 0 Å². The summed E-state index contributed by atoms with van der Waals surface area (Å²) in [4.78, 5) is 4.46. The molecule has 0 aliphatic carbocycles. The standard InChI is InChI=1S/C17H14F2N2O2S2/c1-25(22,23)12-5-2-4-11(8-12)20-9-16-21-15(10-24-16)17-13(18)6-3-7-14(17)19/h2-8,10,20H,9H2,1H3. The third kappa shape index (κ3) is 4.02. The van der Waals surface area contributed by atoms with Crippen LogP contribution in [0.15, 0.2) is 52.7 Å². The topological polar surface area (TPSA) is 59.1 Å². The third-order valence-electron chi connectivity index (χ3n) is 3.48. The summed E-state index contributed by atoms with van der Waals surface area (Å²) < 4.78 is 50.8. The summed E-state index contributed by atoms with van der Waals surface area (Å²) in [6.45, 7) is 0.313. The van der Waals surface area contributed by atoms with Crippen LogP contribution in [0.2, 0.25) is 0 Å². The van der Waals surface area contributed by atoms with Crippen molar-refractivity contribution in [3.05, 3.63) is 64.5 Å². The van der Waals surface area contributed by atoms with Gasteiger partial charge in [-0.05, 0) is 30.3 Å². The number of hydrogen-bond acceptors (Lipinski definition) is 5. The van der Waals surface area contributed by atoms with Gasteiger partial charge in [0.15, 0.2) is 9.84 Å². The Kier molecular flexibility index (Phi) is 4.82. The SMILES string of the molecule is CS(=O)(=O)c1cccc(NCc2nc(-c3c(F)cccc3F)cs2)c1. The van der Waals surface area contributed by atoms with Crippen LogP contribution >= 0.6 is 11.3 Å². The fourth-order valence-electron chi connectivity index (χ4n) is 2.26. The number of thiazole rings is 1. The van der Waals surface area contributed by atoms with Crippen LogP contribution in [0.3, 0.4) is 0 Å². The molecule has 130 valence electrons. The van der Waals surface area contributed by atoms with Crippen molar-refractivity contribution in [3.8, 4) is 11.3 Å². The molecule has 1 heterocycles. The number of sulfone groups is 1.